The SMILES string of the molecule is CC(C)N(CCCCNC(=O)O)C[C@H]1O[C@@H](n2cnc3c(N)ncnc32)[C@@H]2OC(C)(C)O[C@@H]21. The second kappa shape index (κ2) is 9.37. The van der Waals surface area contributed by atoms with E-state index in [9.17, 15) is 4.79 Å². The number of fused-ring (bicyclic) bond motifs is 2. The van der Waals surface area contributed by atoms with Crippen LogP contribution in [0.2, 0.25) is 0 Å². The van der Waals surface area contributed by atoms with Crippen LogP contribution in [0.5, 0.6) is 0 Å². The first kappa shape index (κ1) is 23.6. The lowest BCUT2D eigenvalue weighted by Gasteiger charge is -2.31. The third-order valence-electron chi connectivity index (χ3n) is 6.08. The number of hydrogen-bond donors (Lipinski definition) is 3. The van der Waals surface area contributed by atoms with Crippen LogP contribution in [0, 0.1) is 0 Å². The van der Waals surface area contributed by atoms with Gasteiger partial charge in [0.15, 0.2) is 23.5 Å². The Morgan fingerprint density at radius 2 is 2.03 bits per heavy atom. The number of carboxylic acid groups (broad SMARTS) is 1. The van der Waals surface area contributed by atoms with Gasteiger partial charge in [0.2, 0.25) is 0 Å². The summed E-state index contributed by atoms with van der Waals surface area (Å²) in [6.07, 6.45) is 2.45. The van der Waals surface area contributed by atoms with E-state index in [1.165, 1.54) is 6.33 Å². The van der Waals surface area contributed by atoms with Gasteiger partial charge in [-0.15, -0.1) is 0 Å². The van der Waals surface area contributed by atoms with Crippen LogP contribution in [0.1, 0.15) is 46.8 Å². The molecular weight excluding hydrogens is 430 g/mol. The maximum atomic E-state index is 10.6. The zero-order valence-corrected chi connectivity index (χ0v) is 19.5. The summed E-state index contributed by atoms with van der Waals surface area (Å²) in [5.74, 6) is -0.414. The molecule has 4 rings (SSSR count). The molecule has 12 heteroatoms. The number of rotatable bonds is 9. The molecule has 1 amide bonds. The highest BCUT2D eigenvalue weighted by Gasteiger charge is 2.56. The fraction of sp³-hybridized carbons (Fsp3) is 0.714. The molecule has 0 saturated carbocycles. The summed E-state index contributed by atoms with van der Waals surface area (Å²) in [4.78, 5) is 25.7. The van der Waals surface area contributed by atoms with Crippen LogP contribution < -0.4 is 11.1 Å². The van der Waals surface area contributed by atoms with Gasteiger partial charge in [0.25, 0.3) is 0 Å². The zero-order valence-electron chi connectivity index (χ0n) is 19.5. The first-order chi connectivity index (χ1) is 15.7. The summed E-state index contributed by atoms with van der Waals surface area (Å²) < 4.78 is 20.8. The Hall–Kier alpha value is -2.54. The molecule has 0 spiro atoms. The monoisotopic (exact) mass is 463 g/mol. The van der Waals surface area contributed by atoms with E-state index in [2.05, 4.69) is 39.0 Å². The molecular formula is C21H33N7O5. The lowest BCUT2D eigenvalue weighted by atomic mass is 10.1. The van der Waals surface area contributed by atoms with E-state index in [0.717, 1.165) is 19.4 Å². The van der Waals surface area contributed by atoms with Crippen molar-refractivity contribution in [2.45, 2.75) is 76.9 Å². The highest BCUT2D eigenvalue weighted by molar-refractivity contribution is 5.81. The first-order valence-electron chi connectivity index (χ1n) is 11.3. The molecule has 0 radical (unpaired) electrons. The quantitative estimate of drug-likeness (QED) is 0.468. The van der Waals surface area contributed by atoms with Gasteiger partial charge in [-0.25, -0.2) is 19.7 Å². The minimum Gasteiger partial charge on any atom is -0.465 e. The van der Waals surface area contributed by atoms with Gasteiger partial charge < -0.3 is 30.4 Å². The Kier molecular flexibility index (Phi) is 6.71. The van der Waals surface area contributed by atoms with Crippen molar-refractivity contribution in [1.82, 2.24) is 29.7 Å². The number of amides is 1. The van der Waals surface area contributed by atoms with Crippen molar-refractivity contribution >= 4 is 23.1 Å². The van der Waals surface area contributed by atoms with Crippen LogP contribution in [-0.2, 0) is 14.2 Å². The van der Waals surface area contributed by atoms with Crippen molar-refractivity contribution in [3.8, 4) is 0 Å². The molecule has 2 aliphatic heterocycles. The molecule has 12 nitrogen and oxygen atoms in total. The number of hydrogen-bond acceptors (Lipinski definition) is 9. The molecule has 2 saturated heterocycles. The third-order valence-corrected chi connectivity index (χ3v) is 6.08. The largest absolute Gasteiger partial charge is 0.465 e. The summed E-state index contributed by atoms with van der Waals surface area (Å²) >= 11 is 0. The summed E-state index contributed by atoms with van der Waals surface area (Å²) in [5, 5.41) is 11.1. The molecule has 4 heterocycles. The molecule has 2 fully saturated rings. The molecule has 2 aromatic heterocycles. The summed E-state index contributed by atoms with van der Waals surface area (Å²) in [6.45, 7) is 10.0. The number of unbranched alkanes of at least 4 members (excludes halogenated alkanes) is 1. The normalized spacial score (nSPS) is 26.4. The van der Waals surface area contributed by atoms with E-state index in [1.54, 1.807) is 6.33 Å². The van der Waals surface area contributed by atoms with Crippen LogP contribution in [0.4, 0.5) is 10.6 Å². The molecule has 2 aromatic rings. The molecule has 182 valence electrons. The number of nitrogens with two attached hydrogens (primary N) is 1. The summed E-state index contributed by atoms with van der Waals surface area (Å²) in [6, 6.07) is 0.287. The van der Waals surface area contributed by atoms with Crippen LogP contribution in [0.25, 0.3) is 11.2 Å². The van der Waals surface area contributed by atoms with Crippen LogP contribution in [-0.4, -0.2) is 85.4 Å². The second-order valence-electron chi connectivity index (χ2n) is 9.24. The maximum absolute atomic E-state index is 10.6. The van der Waals surface area contributed by atoms with Crippen LogP contribution >= 0.6 is 0 Å². The zero-order chi connectivity index (χ0) is 23.8. The molecule has 0 bridgehead atoms. The highest BCUT2D eigenvalue weighted by Crippen LogP contribution is 2.44. The van der Waals surface area contributed by atoms with Gasteiger partial charge >= 0.3 is 6.09 Å². The average molecular weight is 464 g/mol. The Balaban J connectivity index is 1.49. The van der Waals surface area contributed by atoms with Crippen molar-refractivity contribution in [3.05, 3.63) is 12.7 Å². The van der Waals surface area contributed by atoms with Crippen LogP contribution in [0.15, 0.2) is 12.7 Å². The van der Waals surface area contributed by atoms with E-state index in [0.29, 0.717) is 30.1 Å². The topological polar surface area (TPSA) is 150 Å². The van der Waals surface area contributed by atoms with Gasteiger partial charge in [-0.3, -0.25) is 9.47 Å². The standard InChI is InChI=1S/C21H33N7O5/c1-12(2)27(8-6-5-7-23-20(29)30)9-13-15-16(33-21(3,4)32-15)19(31-13)28-11-26-14-17(22)24-10-25-18(14)28/h10-13,15-16,19,23H,5-9H2,1-4H3,(H,29,30)(H2,22,24,25)/t13-,15-,16-,19-/m1/s1. The average Bonchev–Trinajstić information content (AvgIpc) is 3.38. The number of anilines is 1. The van der Waals surface area contributed by atoms with E-state index in [-0.39, 0.29) is 24.4 Å². The van der Waals surface area contributed by atoms with E-state index < -0.39 is 18.1 Å². The minimum atomic E-state index is -0.993. The lowest BCUT2D eigenvalue weighted by Crippen LogP contribution is -2.43. The van der Waals surface area contributed by atoms with E-state index in [4.69, 9.17) is 25.1 Å². The van der Waals surface area contributed by atoms with Gasteiger partial charge in [-0.2, -0.15) is 0 Å². The molecule has 2 aliphatic rings. The van der Waals surface area contributed by atoms with Gasteiger partial charge in [-0.05, 0) is 47.1 Å². The van der Waals surface area contributed by atoms with E-state index in [1.807, 2.05) is 18.4 Å². The fourth-order valence-corrected chi connectivity index (χ4v) is 4.51. The van der Waals surface area contributed by atoms with Gasteiger partial charge in [0.1, 0.15) is 30.2 Å². The van der Waals surface area contributed by atoms with Crippen molar-refractivity contribution in [2.24, 2.45) is 0 Å². The third kappa shape index (κ3) is 5.03. The second-order valence-corrected chi connectivity index (χ2v) is 9.24. The predicted octanol–water partition coefficient (Wildman–Crippen LogP) is 1.58. The first-order valence-corrected chi connectivity index (χ1v) is 11.3. The highest BCUT2D eigenvalue weighted by atomic mass is 16.8. The van der Waals surface area contributed by atoms with Gasteiger partial charge in [-0.1, -0.05) is 0 Å². The van der Waals surface area contributed by atoms with Crippen LogP contribution in [0.3, 0.4) is 0 Å². The minimum absolute atomic E-state index is 0.224. The Labute approximate surface area is 192 Å². The maximum Gasteiger partial charge on any atom is 0.404 e. The summed E-state index contributed by atoms with van der Waals surface area (Å²) in [5.41, 5.74) is 7.08. The molecule has 4 atom stereocenters. The number of nitrogens with one attached hydrogen (secondary N) is 1. The van der Waals surface area contributed by atoms with E-state index >= 15 is 0 Å². The van der Waals surface area contributed by atoms with Crippen molar-refractivity contribution in [1.29, 1.82) is 0 Å². The summed E-state index contributed by atoms with van der Waals surface area (Å²) in [7, 11) is 0. The molecule has 0 aromatic carbocycles. The molecule has 4 N–H and O–H groups in total. The number of nitrogens with zero attached hydrogens (tertiary/aromatic N) is 5. The number of nitrogen functional groups attached to an aromatic ring is 1. The number of ether oxygens (including phenoxy) is 3. The Morgan fingerprint density at radius 1 is 1.27 bits per heavy atom. The molecule has 0 aliphatic carbocycles. The Morgan fingerprint density at radius 3 is 2.76 bits per heavy atom. The van der Waals surface area contributed by atoms with Crippen molar-refractivity contribution in [3.63, 3.8) is 0 Å². The number of carbonyl (C=O) groups is 1. The number of aromatic nitrogens is 4. The number of imidazole rings is 1. The Bertz CT molecular complexity index is 981. The predicted molar refractivity (Wildman–Crippen MR) is 119 cm³/mol. The van der Waals surface area contributed by atoms with Crippen molar-refractivity contribution < 1.29 is 24.1 Å². The molecule has 0 unspecified atom stereocenters. The fourth-order valence-electron chi connectivity index (χ4n) is 4.51. The molecule has 33 heavy (non-hydrogen) atoms. The smallest absolute Gasteiger partial charge is 0.404 e. The lowest BCUT2D eigenvalue weighted by molar-refractivity contribution is -0.198. The van der Waals surface area contributed by atoms with Crippen molar-refractivity contribution in [2.75, 3.05) is 25.4 Å². The van der Waals surface area contributed by atoms with Gasteiger partial charge in [0.05, 0.1) is 6.33 Å². The van der Waals surface area contributed by atoms with Gasteiger partial charge in [0, 0.05) is 19.1 Å².